The quantitative estimate of drug-likeness (QED) is 0.804. The third kappa shape index (κ3) is 3.09. The summed E-state index contributed by atoms with van der Waals surface area (Å²) in [5.74, 6) is 2.70. The summed E-state index contributed by atoms with van der Waals surface area (Å²) in [6.07, 6.45) is 4.62. The first-order chi connectivity index (χ1) is 7.88. The van der Waals surface area contributed by atoms with Crippen LogP contribution in [-0.2, 0) is 12.0 Å². The van der Waals surface area contributed by atoms with Crippen molar-refractivity contribution in [1.29, 1.82) is 0 Å². The third-order valence-electron chi connectivity index (χ3n) is 3.68. The van der Waals surface area contributed by atoms with E-state index in [4.69, 9.17) is 4.42 Å². The van der Waals surface area contributed by atoms with Gasteiger partial charge < -0.3 is 4.42 Å². The van der Waals surface area contributed by atoms with E-state index in [0.29, 0.717) is 6.04 Å². The molecule has 1 aliphatic carbocycles. The van der Waals surface area contributed by atoms with E-state index in [9.17, 15) is 0 Å². The lowest BCUT2D eigenvalue weighted by Gasteiger charge is -2.23. The van der Waals surface area contributed by atoms with Crippen molar-refractivity contribution in [3.05, 3.63) is 17.8 Å². The van der Waals surface area contributed by atoms with Crippen molar-refractivity contribution in [2.75, 3.05) is 7.05 Å². The van der Waals surface area contributed by atoms with Gasteiger partial charge in [-0.3, -0.25) is 4.90 Å². The van der Waals surface area contributed by atoms with E-state index in [1.165, 1.54) is 12.8 Å². The van der Waals surface area contributed by atoms with Gasteiger partial charge in [-0.15, -0.1) is 0 Å². The van der Waals surface area contributed by atoms with Crippen LogP contribution in [0.5, 0.6) is 0 Å². The average Bonchev–Trinajstić information content (AvgIpc) is 2.96. The molecule has 1 aromatic rings. The van der Waals surface area contributed by atoms with Gasteiger partial charge in [0.2, 0.25) is 5.89 Å². The van der Waals surface area contributed by atoms with Crippen LogP contribution < -0.4 is 0 Å². The minimum Gasteiger partial charge on any atom is -0.444 e. The fraction of sp³-hybridized carbons (Fsp3) is 0.786. The Morgan fingerprint density at radius 1 is 1.47 bits per heavy atom. The van der Waals surface area contributed by atoms with E-state index in [2.05, 4.69) is 44.6 Å². The van der Waals surface area contributed by atoms with Crippen LogP contribution in [0.2, 0.25) is 0 Å². The van der Waals surface area contributed by atoms with Crippen molar-refractivity contribution in [2.45, 2.75) is 58.5 Å². The molecule has 0 spiro atoms. The second-order valence-electron chi connectivity index (χ2n) is 6.36. The van der Waals surface area contributed by atoms with E-state index < -0.39 is 0 Å². The lowest BCUT2D eigenvalue weighted by atomic mass is 9.94. The molecule has 2 rings (SSSR count). The molecule has 0 unspecified atom stereocenters. The van der Waals surface area contributed by atoms with Gasteiger partial charge >= 0.3 is 0 Å². The van der Waals surface area contributed by atoms with Gasteiger partial charge in [0.25, 0.3) is 0 Å². The minimum absolute atomic E-state index is 0.0475. The molecule has 1 heterocycles. The molecule has 1 fully saturated rings. The summed E-state index contributed by atoms with van der Waals surface area (Å²) >= 11 is 0. The van der Waals surface area contributed by atoms with Crippen LogP contribution in [0.3, 0.4) is 0 Å². The van der Waals surface area contributed by atoms with Gasteiger partial charge in [0.15, 0.2) is 0 Å². The first kappa shape index (κ1) is 12.6. The van der Waals surface area contributed by atoms with Gasteiger partial charge in [-0.2, -0.15) is 0 Å². The molecule has 96 valence electrons. The van der Waals surface area contributed by atoms with Crippen LogP contribution in [0, 0.1) is 5.92 Å². The summed E-state index contributed by atoms with van der Waals surface area (Å²) in [6.45, 7) is 9.55. The molecule has 0 aromatic carbocycles. The van der Waals surface area contributed by atoms with E-state index in [1.54, 1.807) is 0 Å². The standard InChI is InChI=1S/C14H24N2O/c1-10(11-6-7-11)16(5)9-13-15-8-12(17-13)14(2,3)4/h8,10-11H,6-7,9H2,1-5H3/t10-/m0/s1. The van der Waals surface area contributed by atoms with Crippen LogP contribution >= 0.6 is 0 Å². The van der Waals surface area contributed by atoms with Crippen LogP contribution in [0.15, 0.2) is 10.6 Å². The number of oxazole rings is 1. The molecule has 1 saturated carbocycles. The van der Waals surface area contributed by atoms with Crippen molar-refractivity contribution >= 4 is 0 Å². The van der Waals surface area contributed by atoms with E-state index in [1.807, 2.05) is 6.20 Å². The normalized spacial score (nSPS) is 18.7. The molecule has 3 heteroatoms. The van der Waals surface area contributed by atoms with Crippen LogP contribution in [0.1, 0.15) is 52.2 Å². The maximum absolute atomic E-state index is 5.82. The Labute approximate surface area is 104 Å². The molecule has 0 saturated heterocycles. The predicted octanol–water partition coefficient (Wildman–Crippen LogP) is 3.20. The van der Waals surface area contributed by atoms with Crippen molar-refractivity contribution in [3.8, 4) is 0 Å². The molecular formula is C14H24N2O. The third-order valence-corrected chi connectivity index (χ3v) is 3.68. The van der Waals surface area contributed by atoms with Gasteiger partial charge in [-0.1, -0.05) is 20.8 Å². The lowest BCUT2D eigenvalue weighted by Crippen LogP contribution is -2.30. The second kappa shape index (κ2) is 4.45. The minimum atomic E-state index is 0.0475. The van der Waals surface area contributed by atoms with Crippen molar-refractivity contribution < 1.29 is 4.42 Å². The summed E-state index contributed by atoms with van der Waals surface area (Å²) in [5, 5.41) is 0. The Morgan fingerprint density at radius 2 is 2.12 bits per heavy atom. The Hall–Kier alpha value is -0.830. The van der Waals surface area contributed by atoms with Crippen LogP contribution in [0.25, 0.3) is 0 Å². The Bertz CT molecular complexity index is 374. The predicted molar refractivity (Wildman–Crippen MR) is 68.9 cm³/mol. The smallest absolute Gasteiger partial charge is 0.208 e. The molecule has 17 heavy (non-hydrogen) atoms. The molecule has 0 radical (unpaired) electrons. The zero-order chi connectivity index (χ0) is 12.6. The summed E-state index contributed by atoms with van der Waals surface area (Å²) in [6, 6.07) is 0.639. The van der Waals surface area contributed by atoms with Gasteiger partial charge in [0.1, 0.15) is 5.76 Å². The summed E-state index contributed by atoms with van der Waals surface area (Å²) in [7, 11) is 2.16. The average molecular weight is 236 g/mol. The number of nitrogens with zero attached hydrogens (tertiary/aromatic N) is 2. The summed E-state index contributed by atoms with van der Waals surface area (Å²) in [4.78, 5) is 6.72. The van der Waals surface area contributed by atoms with E-state index in [-0.39, 0.29) is 5.41 Å². The second-order valence-corrected chi connectivity index (χ2v) is 6.36. The highest BCUT2D eigenvalue weighted by molar-refractivity contribution is 5.06. The van der Waals surface area contributed by atoms with Crippen molar-refractivity contribution in [2.24, 2.45) is 5.92 Å². The van der Waals surface area contributed by atoms with Crippen molar-refractivity contribution in [1.82, 2.24) is 9.88 Å². The highest BCUT2D eigenvalue weighted by Crippen LogP contribution is 2.35. The molecule has 0 amide bonds. The molecular weight excluding hydrogens is 212 g/mol. The topological polar surface area (TPSA) is 29.3 Å². The largest absolute Gasteiger partial charge is 0.444 e. The Morgan fingerprint density at radius 3 is 2.59 bits per heavy atom. The number of rotatable bonds is 4. The fourth-order valence-electron chi connectivity index (χ4n) is 2.03. The zero-order valence-electron chi connectivity index (χ0n) is 11.7. The van der Waals surface area contributed by atoms with Crippen LogP contribution in [0.4, 0.5) is 0 Å². The highest BCUT2D eigenvalue weighted by Gasteiger charge is 2.31. The lowest BCUT2D eigenvalue weighted by molar-refractivity contribution is 0.202. The molecule has 0 bridgehead atoms. The number of hydrogen-bond acceptors (Lipinski definition) is 3. The maximum atomic E-state index is 5.82. The van der Waals surface area contributed by atoms with Gasteiger partial charge in [-0.05, 0) is 32.7 Å². The highest BCUT2D eigenvalue weighted by atomic mass is 16.4. The van der Waals surface area contributed by atoms with Gasteiger partial charge in [0, 0.05) is 11.5 Å². The Kier molecular flexibility index (Phi) is 3.30. The SMILES string of the molecule is C[C@@H](C1CC1)N(C)Cc1ncc(C(C)(C)C)o1. The van der Waals surface area contributed by atoms with Gasteiger partial charge in [-0.25, -0.2) is 4.98 Å². The summed E-state index contributed by atoms with van der Waals surface area (Å²) < 4.78 is 5.82. The zero-order valence-corrected chi connectivity index (χ0v) is 11.7. The maximum Gasteiger partial charge on any atom is 0.208 e. The first-order valence-electron chi connectivity index (χ1n) is 6.53. The van der Waals surface area contributed by atoms with Crippen LogP contribution in [-0.4, -0.2) is 23.0 Å². The first-order valence-corrected chi connectivity index (χ1v) is 6.53. The molecule has 0 aliphatic heterocycles. The number of aromatic nitrogens is 1. The molecule has 1 aromatic heterocycles. The number of hydrogen-bond donors (Lipinski definition) is 0. The van der Waals surface area contributed by atoms with E-state index in [0.717, 1.165) is 24.1 Å². The summed E-state index contributed by atoms with van der Waals surface area (Å²) in [5.41, 5.74) is 0.0475. The molecule has 1 aliphatic rings. The Balaban J connectivity index is 1.96. The monoisotopic (exact) mass is 236 g/mol. The van der Waals surface area contributed by atoms with Crippen molar-refractivity contribution in [3.63, 3.8) is 0 Å². The molecule has 0 N–H and O–H groups in total. The fourth-order valence-corrected chi connectivity index (χ4v) is 2.03. The van der Waals surface area contributed by atoms with Gasteiger partial charge in [0.05, 0.1) is 12.7 Å². The molecule has 1 atom stereocenters. The molecule has 3 nitrogen and oxygen atoms in total. The van der Waals surface area contributed by atoms with E-state index >= 15 is 0 Å².